The summed E-state index contributed by atoms with van der Waals surface area (Å²) in [5.74, 6) is -2.57. The van der Waals surface area contributed by atoms with Crippen LogP contribution in [0.5, 0.6) is 0 Å². The minimum atomic E-state index is -1.19. The Morgan fingerprint density at radius 1 is 0.697 bits per heavy atom. The molecule has 33 heavy (non-hydrogen) atoms. The molecule has 0 fully saturated rings. The quantitative estimate of drug-likeness (QED) is 0.114. The van der Waals surface area contributed by atoms with Crippen LogP contribution >= 0.6 is 0 Å². The van der Waals surface area contributed by atoms with Crippen LogP contribution in [0.4, 0.5) is 0 Å². The van der Waals surface area contributed by atoms with E-state index in [0.29, 0.717) is 6.42 Å². The van der Waals surface area contributed by atoms with Crippen LogP contribution in [-0.2, 0) is 14.4 Å². The first-order valence-electron chi connectivity index (χ1n) is 13.0. The van der Waals surface area contributed by atoms with Crippen molar-refractivity contribution in [2.45, 2.75) is 129 Å². The molecule has 0 unspecified atom stereocenters. The van der Waals surface area contributed by atoms with Crippen molar-refractivity contribution in [2.24, 2.45) is 0 Å². The van der Waals surface area contributed by atoms with Gasteiger partial charge in [0.05, 0.1) is 0 Å². The first-order chi connectivity index (χ1) is 16.0. The monoisotopic (exact) mass is 465 g/mol. The Bertz CT molecular complexity index is 571. The summed E-state index contributed by atoms with van der Waals surface area (Å²) in [6.45, 7) is 2.23. The number of hydrogen-bond donors (Lipinski definition) is 3. The fourth-order valence-electron chi connectivity index (χ4n) is 3.60. The van der Waals surface area contributed by atoms with E-state index in [4.69, 9.17) is 10.2 Å². The molecular weight excluding hydrogens is 418 g/mol. The molecule has 190 valence electrons. The number of allylic oxidation sites excluding steroid dienone is 4. The molecule has 0 aromatic carbocycles. The lowest BCUT2D eigenvalue weighted by Crippen LogP contribution is -2.41. The van der Waals surface area contributed by atoms with Crippen molar-refractivity contribution in [3.05, 3.63) is 24.3 Å². The molecule has 0 radical (unpaired) electrons. The van der Waals surface area contributed by atoms with Gasteiger partial charge in [-0.25, -0.2) is 4.79 Å². The maximum absolute atomic E-state index is 11.9. The number of carboxylic acids is 2. The lowest BCUT2D eigenvalue weighted by Gasteiger charge is -2.13. The molecule has 0 spiro atoms. The summed E-state index contributed by atoms with van der Waals surface area (Å²) in [6, 6.07) is -1.12. The van der Waals surface area contributed by atoms with E-state index in [0.717, 1.165) is 25.7 Å². The molecule has 0 saturated heterocycles. The maximum Gasteiger partial charge on any atom is 0.326 e. The molecule has 0 aromatic rings. The number of carbonyl (C=O) groups is 3. The largest absolute Gasteiger partial charge is 0.481 e. The van der Waals surface area contributed by atoms with Crippen molar-refractivity contribution >= 4 is 17.8 Å². The molecule has 0 aliphatic rings. The van der Waals surface area contributed by atoms with Crippen LogP contribution in [0, 0.1) is 0 Å². The molecule has 0 saturated carbocycles. The van der Waals surface area contributed by atoms with Crippen molar-refractivity contribution in [1.82, 2.24) is 5.32 Å². The van der Waals surface area contributed by atoms with Crippen molar-refractivity contribution in [3.63, 3.8) is 0 Å². The molecule has 0 bridgehead atoms. The predicted molar refractivity (Wildman–Crippen MR) is 134 cm³/mol. The first kappa shape index (κ1) is 30.9. The van der Waals surface area contributed by atoms with Gasteiger partial charge in [-0.15, -0.1) is 0 Å². The van der Waals surface area contributed by atoms with E-state index in [1.807, 2.05) is 0 Å². The fourth-order valence-corrected chi connectivity index (χ4v) is 3.60. The molecule has 1 amide bonds. The fraction of sp³-hybridized carbons (Fsp3) is 0.741. The van der Waals surface area contributed by atoms with Crippen LogP contribution < -0.4 is 5.32 Å². The molecule has 6 nitrogen and oxygen atoms in total. The summed E-state index contributed by atoms with van der Waals surface area (Å²) in [7, 11) is 0. The number of aliphatic carboxylic acids is 2. The van der Waals surface area contributed by atoms with Crippen LogP contribution in [0.2, 0.25) is 0 Å². The summed E-state index contributed by atoms with van der Waals surface area (Å²) < 4.78 is 0. The van der Waals surface area contributed by atoms with Gasteiger partial charge in [-0.3, -0.25) is 9.59 Å². The normalized spacial score (nSPS) is 12.4. The average molecular weight is 466 g/mol. The minimum Gasteiger partial charge on any atom is -0.481 e. The Morgan fingerprint density at radius 2 is 1.21 bits per heavy atom. The van der Waals surface area contributed by atoms with Gasteiger partial charge in [0.1, 0.15) is 6.04 Å². The second-order valence-corrected chi connectivity index (χ2v) is 8.79. The molecule has 0 aliphatic heterocycles. The molecule has 6 heteroatoms. The van der Waals surface area contributed by atoms with E-state index < -0.39 is 18.0 Å². The highest BCUT2D eigenvalue weighted by molar-refractivity contribution is 5.83. The van der Waals surface area contributed by atoms with Gasteiger partial charge in [0.2, 0.25) is 5.91 Å². The maximum atomic E-state index is 11.9. The molecular formula is C27H47NO5. The van der Waals surface area contributed by atoms with Crippen LogP contribution in [0.3, 0.4) is 0 Å². The van der Waals surface area contributed by atoms with E-state index in [2.05, 4.69) is 36.5 Å². The van der Waals surface area contributed by atoms with E-state index in [9.17, 15) is 14.4 Å². The third-order valence-electron chi connectivity index (χ3n) is 5.63. The SMILES string of the molecule is CCCCC/C=C\C/C=C\CCCCCCCCCCCC(=O)N[C@@H](CCC(=O)O)C(=O)O. The Hall–Kier alpha value is -2.11. The van der Waals surface area contributed by atoms with Gasteiger partial charge < -0.3 is 15.5 Å². The van der Waals surface area contributed by atoms with Gasteiger partial charge in [0.25, 0.3) is 0 Å². The molecule has 0 rings (SSSR count). The van der Waals surface area contributed by atoms with Crippen LogP contribution in [0.25, 0.3) is 0 Å². The Labute approximate surface area is 200 Å². The van der Waals surface area contributed by atoms with Crippen molar-refractivity contribution in [3.8, 4) is 0 Å². The Balaban J connectivity index is 3.48. The number of unbranched alkanes of at least 4 members (excludes halogenated alkanes) is 12. The second-order valence-electron chi connectivity index (χ2n) is 8.79. The van der Waals surface area contributed by atoms with Crippen LogP contribution in [-0.4, -0.2) is 34.1 Å². The molecule has 3 N–H and O–H groups in total. The molecule has 1 atom stereocenters. The van der Waals surface area contributed by atoms with Gasteiger partial charge in [-0.05, 0) is 44.9 Å². The molecule has 0 heterocycles. The zero-order valence-electron chi connectivity index (χ0n) is 20.7. The van der Waals surface area contributed by atoms with Crippen molar-refractivity contribution in [2.75, 3.05) is 0 Å². The number of amides is 1. The standard InChI is InChI=1S/C27H47NO5/c1-2-3-4-5-6-7-8-9-10-11-12-13-14-15-16-17-18-19-20-21-25(29)28-24(27(32)33)22-23-26(30)31/h6-7,9-10,24H,2-5,8,11-23H2,1H3,(H,28,29)(H,30,31)(H,32,33)/b7-6-,10-9-/t24-/m0/s1. The molecule has 0 aromatic heterocycles. The van der Waals surface area contributed by atoms with E-state index in [-0.39, 0.29) is 18.7 Å². The van der Waals surface area contributed by atoms with Gasteiger partial charge >= 0.3 is 11.9 Å². The first-order valence-corrected chi connectivity index (χ1v) is 13.0. The number of nitrogens with one attached hydrogen (secondary N) is 1. The molecule has 0 aliphatic carbocycles. The highest BCUT2D eigenvalue weighted by atomic mass is 16.4. The van der Waals surface area contributed by atoms with Crippen molar-refractivity contribution in [1.29, 1.82) is 0 Å². The van der Waals surface area contributed by atoms with Crippen LogP contribution in [0.15, 0.2) is 24.3 Å². The number of rotatable bonds is 23. The third kappa shape index (κ3) is 22.9. The van der Waals surface area contributed by atoms with E-state index in [1.54, 1.807) is 0 Å². The lowest BCUT2D eigenvalue weighted by atomic mass is 10.1. The highest BCUT2D eigenvalue weighted by Crippen LogP contribution is 2.12. The average Bonchev–Trinajstić information content (AvgIpc) is 2.77. The predicted octanol–water partition coefficient (Wildman–Crippen LogP) is 6.79. The van der Waals surface area contributed by atoms with E-state index in [1.165, 1.54) is 70.6 Å². The van der Waals surface area contributed by atoms with Gasteiger partial charge in [-0.1, -0.05) is 89.0 Å². The van der Waals surface area contributed by atoms with Crippen molar-refractivity contribution < 1.29 is 24.6 Å². The summed E-state index contributed by atoms with van der Waals surface area (Å²) >= 11 is 0. The van der Waals surface area contributed by atoms with Gasteiger partial charge in [-0.2, -0.15) is 0 Å². The van der Waals surface area contributed by atoms with Crippen LogP contribution in [0.1, 0.15) is 122 Å². The second kappa shape index (κ2) is 23.1. The zero-order valence-corrected chi connectivity index (χ0v) is 20.7. The summed E-state index contributed by atoms with van der Waals surface area (Å²) in [5, 5.41) is 20.1. The smallest absolute Gasteiger partial charge is 0.326 e. The Morgan fingerprint density at radius 3 is 1.73 bits per heavy atom. The van der Waals surface area contributed by atoms with Gasteiger partial charge in [0.15, 0.2) is 0 Å². The number of carboxylic acid groups (broad SMARTS) is 2. The minimum absolute atomic E-state index is 0.0940. The van der Waals surface area contributed by atoms with E-state index >= 15 is 0 Å². The lowest BCUT2D eigenvalue weighted by molar-refractivity contribution is -0.143. The van der Waals surface area contributed by atoms with Gasteiger partial charge in [0, 0.05) is 12.8 Å². The summed E-state index contributed by atoms with van der Waals surface area (Å²) in [6.07, 6.45) is 26.7. The zero-order chi connectivity index (χ0) is 24.6. The summed E-state index contributed by atoms with van der Waals surface area (Å²) in [5.41, 5.74) is 0. The number of hydrogen-bond acceptors (Lipinski definition) is 3. The Kier molecular flexibility index (Phi) is 21.6. The highest BCUT2D eigenvalue weighted by Gasteiger charge is 2.20. The topological polar surface area (TPSA) is 104 Å². The summed E-state index contributed by atoms with van der Waals surface area (Å²) in [4.78, 5) is 33.5. The third-order valence-corrected chi connectivity index (χ3v) is 5.63. The number of carbonyl (C=O) groups excluding carboxylic acids is 1.